The third-order valence-corrected chi connectivity index (χ3v) is 5.10. The predicted molar refractivity (Wildman–Crippen MR) is 112 cm³/mol. The zero-order valence-electron chi connectivity index (χ0n) is 16.7. The highest BCUT2D eigenvalue weighted by molar-refractivity contribution is 6.01. The number of carbonyl (C=O) groups excluding carboxylic acids is 1. The van der Waals surface area contributed by atoms with Crippen LogP contribution in [0.25, 0.3) is 10.8 Å². The van der Waals surface area contributed by atoms with E-state index in [1.54, 1.807) is 18.2 Å². The first kappa shape index (κ1) is 21.8. The number of hydrogen-bond donors (Lipinski definition) is 1. The summed E-state index contributed by atoms with van der Waals surface area (Å²) in [5.41, 5.74) is 5.47. The molecule has 0 aliphatic carbocycles. The molecule has 3 aromatic rings. The summed E-state index contributed by atoms with van der Waals surface area (Å²) in [5, 5.41) is 1.62. The van der Waals surface area contributed by atoms with Gasteiger partial charge in [0.15, 0.2) is 5.78 Å². The minimum Gasteiger partial charge on any atom is -0.457 e. The second-order valence-corrected chi connectivity index (χ2v) is 7.46. The van der Waals surface area contributed by atoms with E-state index in [0.717, 1.165) is 35.7 Å². The quantitative estimate of drug-likeness (QED) is 0.422. The van der Waals surface area contributed by atoms with Crippen molar-refractivity contribution < 1.29 is 22.7 Å². The number of halogens is 3. The van der Waals surface area contributed by atoms with Crippen LogP contribution >= 0.6 is 0 Å². The van der Waals surface area contributed by atoms with Gasteiger partial charge in [0.25, 0.3) is 0 Å². The molecule has 1 atom stereocenters. The van der Waals surface area contributed by atoms with Crippen molar-refractivity contribution in [3.05, 3.63) is 71.8 Å². The van der Waals surface area contributed by atoms with Gasteiger partial charge in [0.05, 0.1) is 5.56 Å². The molecule has 6 heteroatoms. The molecule has 158 valence electrons. The van der Waals surface area contributed by atoms with Gasteiger partial charge in [-0.1, -0.05) is 25.1 Å². The van der Waals surface area contributed by atoms with Crippen molar-refractivity contribution in [3.63, 3.8) is 0 Å². The third kappa shape index (κ3) is 5.39. The van der Waals surface area contributed by atoms with Crippen molar-refractivity contribution >= 4 is 16.6 Å². The molecule has 0 saturated heterocycles. The molecular weight excluding hydrogens is 391 g/mol. The Kier molecular flexibility index (Phi) is 6.77. The Hall–Kier alpha value is -2.86. The van der Waals surface area contributed by atoms with Crippen molar-refractivity contribution in [1.29, 1.82) is 0 Å². The summed E-state index contributed by atoms with van der Waals surface area (Å²) in [6.45, 7) is 2.71. The smallest absolute Gasteiger partial charge is 0.416 e. The van der Waals surface area contributed by atoms with Crippen molar-refractivity contribution in [3.8, 4) is 11.5 Å². The zero-order chi connectivity index (χ0) is 21.7. The first-order valence-electron chi connectivity index (χ1n) is 9.89. The summed E-state index contributed by atoms with van der Waals surface area (Å²) in [6.07, 6.45) is -2.22. The molecule has 0 unspecified atom stereocenters. The molecule has 0 spiro atoms. The number of nitrogens with two attached hydrogens (primary N) is 1. The summed E-state index contributed by atoms with van der Waals surface area (Å²) in [5.74, 6) is 1.31. The molecule has 0 saturated carbocycles. The fraction of sp³-hybridized carbons (Fsp3) is 0.292. The molecule has 0 radical (unpaired) electrons. The van der Waals surface area contributed by atoms with Crippen LogP contribution in [0.15, 0.2) is 60.7 Å². The number of alkyl halides is 3. The lowest BCUT2D eigenvalue weighted by Crippen LogP contribution is -2.08. The van der Waals surface area contributed by atoms with E-state index in [9.17, 15) is 18.0 Å². The van der Waals surface area contributed by atoms with E-state index in [-0.39, 0.29) is 5.78 Å². The standard InChI is InChI=1S/C24H24F3NO2/c1-16(13-14-28)5-12-22(29)18-6-11-21-17(15-18)3-2-4-23(21)30-20-9-7-19(8-10-20)24(25,26)27/h2-4,6-11,15-16H,5,12-14,28H2,1H3/t16-/m0/s1. The number of ketones is 1. The number of hydrogen-bond acceptors (Lipinski definition) is 3. The number of rotatable bonds is 8. The van der Waals surface area contributed by atoms with Crippen molar-refractivity contribution in [2.24, 2.45) is 11.7 Å². The monoisotopic (exact) mass is 415 g/mol. The summed E-state index contributed by atoms with van der Waals surface area (Å²) < 4.78 is 44.0. The van der Waals surface area contributed by atoms with Crippen molar-refractivity contribution in [2.45, 2.75) is 32.4 Å². The summed E-state index contributed by atoms with van der Waals surface area (Å²) >= 11 is 0. The highest BCUT2D eigenvalue weighted by Gasteiger charge is 2.30. The van der Waals surface area contributed by atoms with E-state index in [1.165, 1.54) is 12.1 Å². The highest BCUT2D eigenvalue weighted by Crippen LogP contribution is 2.34. The van der Waals surface area contributed by atoms with E-state index in [1.807, 2.05) is 18.2 Å². The van der Waals surface area contributed by atoms with Gasteiger partial charge in [-0.05, 0) is 73.2 Å². The topological polar surface area (TPSA) is 52.3 Å². The highest BCUT2D eigenvalue weighted by atomic mass is 19.4. The predicted octanol–water partition coefficient (Wildman–Crippen LogP) is 6.60. The lowest BCUT2D eigenvalue weighted by Gasteiger charge is -2.12. The van der Waals surface area contributed by atoms with Crippen molar-refractivity contribution in [2.75, 3.05) is 6.54 Å². The fourth-order valence-corrected chi connectivity index (χ4v) is 3.31. The van der Waals surface area contributed by atoms with Gasteiger partial charge in [-0.3, -0.25) is 4.79 Å². The van der Waals surface area contributed by atoms with Gasteiger partial charge >= 0.3 is 6.18 Å². The van der Waals surface area contributed by atoms with Crippen LogP contribution in [0.1, 0.15) is 42.1 Å². The van der Waals surface area contributed by atoms with Gasteiger partial charge in [-0.15, -0.1) is 0 Å². The van der Waals surface area contributed by atoms with Crippen LogP contribution in [0.3, 0.4) is 0 Å². The molecular formula is C24H24F3NO2. The number of fused-ring (bicyclic) bond motifs is 1. The van der Waals surface area contributed by atoms with E-state index < -0.39 is 11.7 Å². The van der Waals surface area contributed by atoms with Crippen molar-refractivity contribution in [1.82, 2.24) is 0 Å². The van der Waals surface area contributed by atoms with E-state index >= 15 is 0 Å². The van der Waals surface area contributed by atoms with Crippen LogP contribution in [0.2, 0.25) is 0 Å². The number of Topliss-reactive ketones (excluding diaryl/α,β-unsaturated/α-hetero) is 1. The Morgan fingerprint density at radius 2 is 1.77 bits per heavy atom. The van der Waals surface area contributed by atoms with E-state index in [2.05, 4.69) is 6.92 Å². The Morgan fingerprint density at radius 3 is 2.43 bits per heavy atom. The second-order valence-electron chi connectivity index (χ2n) is 7.46. The molecule has 0 heterocycles. The molecule has 0 fully saturated rings. The molecule has 3 rings (SSSR count). The lowest BCUT2D eigenvalue weighted by molar-refractivity contribution is -0.137. The minimum atomic E-state index is -4.39. The Labute approximate surface area is 173 Å². The molecule has 0 aliphatic heterocycles. The Bertz CT molecular complexity index is 1010. The zero-order valence-corrected chi connectivity index (χ0v) is 16.7. The maximum atomic E-state index is 12.7. The Morgan fingerprint density at radius 1 is 1.03 bits per heavy atom. The number of carbonyl (C=O) groups is 1. The minimum absolute atomic E-state index is 0.0785. The first-order chi connectivity index (χ1) is 14.3. The average molecular weight is 415 g/mol. The van der Waals surface area contributed by atoms with E-state index in [0.29, 0.717) is 35.9 Å². The van der Waals surface area contributed by atoms with Crippen LogP contribution in [-0.2, 0) is 6.18 Å². The summed E-state index contributed by atoms with van der Waals surface area (Å²) in [4.78, 5) is 12.5. The molecule has 2 N–H and O–H groups in total. The summed E-state index contributed by atoms with van der Waals surface area (Å²) in [7, 11) is 0. The maximum absolute atomic E-state index is 12.7. The number of benzene rings is 3. The van der Waals surface area contributed by atoms with Gasteiger partial charge in [-0.25, -0.2) is 0 Å². The molecule has 3 aromatic carbocycles. The van der Waals surface area contributed by atoms with Crippen LogP contribution < -0.4 is 10.5 Å². The second kappa shape index (κ2) is 9.30. The Balaban J connectivity index is 1.77. The lowest BCUT2D eigenvalue weighted by atomic mass is 9.96. The van der Waals surface area contributed by atoms with Crippen LogP contribution in [0, 0.1) is 5.92 Å². The maximum Gasteiger partial charge on any atom is 0.416 e. The largest absolute Gasteiger partial charge is 0.457 e. The molecule has 0 aromatic heterocycles. The molecule has 0 amide bonds. The van der Waals surface area contributed by atoms with Gasteiger partial charge < -0.3 is 10.5 Å². The van der Waals surface area contributed by atoms with Gasteiger partial charge in [-0.2, -0.15) is 13.2 Å². The number of ether oxygens (including phenoxy) is 1. The van der Waals surface area contributed by atoms with Crippen LogP contribution in [0.4, 0.5) is 13.2 Å². The summed E-state index contributed by atoms with van der Waals surface area (Å²) in [6, 6.07) is 15.4. The third-order valence-electron chi connectivity index (χ3n) is 5.10. The van der Waals surface area contributed by atoms with Crippen LogP contribution in [-0.4, -0.2) is 12.3 Å². The van der Waals surface area contributed by atoms with Gasteiger partial charge in [0, 0.05) is 17.4 Å². The molecule has 30 heavy (non-hydrogen) atoms. The molecule has 0 bridgehead atoms. The normalized spacial score (nSPS) is 12.7. The van der Waals surface area contributed by atoms with Gasteiger partial charge in [0.1, 0.15) is 11.5 Å². The van der Waals surface area contributed by atoms with Crippen LogP contribution in [0.5, 0.6) is 11.5 Å². The average Bonchev–Trinajstić information content (AvgIpc) is 2.72. The van der Waals surface area contributed by atoms with E-state index in [4.69, 9.17) is 10.5 Å². The SMILES string of the molecule is C[C@H](CCN)CCC(=O)c1ccc2c(Oc3ccc(C(F)(F)F)cc3)cccc2c1. The fourth-order valence-electron chi connectivity index (χ4n) is 3.31. The molecule has 3 nitrogen and oxygen atoms in total. The molecule has 0 aliphatic rings. The first-order valence-corrected chi connectivity index (χ1v) is 9.89. The van der Waals surface area contributed by atoms with Gasteiger partial charge in [0.2, 0.25) is 0 Å².